The molecule has 1 N–H and O–H groups in total. The molecule has 2 heterocycles. The number of likely N-dealkylation sites (tertiary alicyclic amines) is 2. The summed E-state index contributed by atoms with van der Waals surface area (Å²) in [4.78, 5) is 31.1. The maximum Gasteiger partial charge on any atom is 0.225 e. The Morgan fingerprint density at radius 3 is 2.54 bits per heavy atom. The smallest absolute Gasteiger partial charge is 0.225 e. The highest BCUT2D eigenvalue weighted by molar-refractivity contribution is 5.89. The van der Waals surface area contributed by atoms with Gasteiger partial charge in [0.1, 0.15) is 0 Å². The highest BCUT2D eigenvalue weighted by Gasteiger charge is 2.35. The molecule has 1 unspecified atom stereocenters. The fraction of sp³-hybridized carbons (Fsp3) is 0.636. The van der Waals surface area contributed by atoms with Crippen LogP contribution >= 0.6 is 0 Å². The summed E-state index contributed by atoms with van der Waals surface area (Å²) in [6.07, 6.45) is 3.41. The first-order chi connectivity index (χ1) is 13.5. The van der Waals surface area contributed by atoms with Gasteiger partial charge in [-0.05, 0) is 38.9 Å². The molecule has 0 spiro atoms. The number of hydrogen-bond donors (Lipinski definition) is 1. The number of hydrogen-bond acceptors (Lipinski definition) is 4. The first kappa shape index (κ1) is 20.8. The maximum atomic E-state index is 12.6. The highest BCUT2D eigenvalue weighted by Crippen LogP contribution is 2.19. The predicted molar refractivity (Wildman–Crippen MR) is 111 cm³/mol. The third kappa shape index (κ3) is 6.04. The van der Waals surface area contributed by atoms with Crippen LogP contribution in [0.1, 0.15) is 24.8 Å². The van der Waals surface area contributed by atoms with Gasteiger partial charge in [-0.25, -0.2) is 0 Å². The fourth-order valence-corrected chi connectivity index (χ4v) is 4.04. The summed E-state index contributed by atoms with van der Waals surface area (Å²) < 4.78 is 0. The lowest BCUT2D eigenvalue weighted by atomic mass is 10.0. The van der Waals surface area contributed by atoms with E-state index in [0.717, 1.165) is 45.4 Å². The van der Waals surface area contributed by atoms with Crippen LogP contribution in [-0.4, -0.2) is 85.9 Å². The Hall–Kier alpha value is -1.92. The van der Waals surface area contributed by atoms with Gasteiger partial charge in [0.2, 0.25) is 11.8 Å². The minimum Gasteiger partial charge on any atom is -0.353 e. The van der Waals surface area contributed by atoms with Crippen LogP contribution in [0.2, 0.25) is 0 Å². The molecule has 2 aliphatic heterocycles. The van der Waals surface area contributed by atoms with E-state index in [1.165, 1.54) is 5.56 Å². The van der Waals surface area contributed by atoms with Crippen LogP contribution in [-0.2, 0) is 16.0 Å². The second-order valence-electron chi connectivity index (χ2n) is 8.40. The third-order valence-corrected chi connectivity index (χ3v) is 5.90. The predicted octanol–water partition coefficient (Wildman–Crippen LogP) is 1.22. The minimum absolute atomic E-state index is 0.0587. The number of benzene rings is 1. The van der Waals surface area contributed by atoms with E-state index >= 15 is 0 Å². The standard InChI is InChI=1S/C22H34N4O2/c1-24(2)14-15-26-17-19(16-21(26)27)22(28)23-20-9-12-25(13-10-20)11-8-18-6-4-3-5-7-18/h3-7,19-20H,8-17H2,1-2H3,(H,23,28). The Morgan fingerprint density at radius 2 is 1.86 bits per heavy atom. The van der Waals surface area contributed by atoms with E-state index in [0.29, 0.717) is 19.5 Å². The van der Waals surface area contributed by atoms with Gasteiger partial charge in [-0.2, -0.15) is 0 Å². The number of likely N-dealkylation sites (N-methyl/N-ethyl adjacent to an activating group) is 1. The number of piperidine rings is 1. The Bertz CT molecular complexity index is 641. The molecule has 0 saturated carbocycles. The van der Waals surface area contributed by atoms with Crippen molar-refractivity contribution in [3.8, 4) is 0 Å². The first-order valence-corrected chi connectivity index (χ1v) is 10.5. The molecule has 1 aromatic carbocycles. The molecule has 28 heavy (non-hydrogen) atoms. The van der Waals surface area contributed by atoms with E-state index in [9.17, 15) is 9.59 Å². The van der Waals surface area contributed by atoms with Gasteiger partial charge in [0.05, 0.1) is 5.92 Å². The van der Waals surface area contributed by atoms with Crippen molar-refractivity contribution in [3.05, 3.63) is 35.9 Å². The average molecular weight is 387 g/mol. The summed E-state index contributed by atoms with van der Waals surface area (Å²) >= 11 is 0. The van der Waals surface area contributed by atoms with E-state index < -0.39 is 0 Å². The molecule has 2 amide bonds. The second-order valence-corrected chi connectivity index (χ2v) is 8.40. The molecule has 1 aromatic rings. The van der Waals surface area contributed by atoms with Crippen LogP contribution in [0.15, 0.2) is 30.3 Å². The van der Waals surface area contributed by atoms with Gasteiger partial charge in [-0.1, -0.05) is 30.3 Å². The summed E-state index contributed by atoms with van der Waals surface area (Å²) in [7, 11) is 3.99. The largest absolute Gasteiger partial charge is 0.353 e. The van der Waals surface area contributed by atoms with Crippen molar-refractivity contribution in [1.82, 2.24) is 20.0 Å². The zero-order chi connectivity index (χ0) is 19.9. The number of nitrogens with one attached hydrogen (secondary N) is 1. The number of amides is 2. The molecule has 2 fully saturated rings. The Labute approximate surface area is 168 Å². The Morgan fingerprint density at radius 1 is 1.14 bits per heavy atom. The number of nitrogens with zero attached hydrogens (tertiary/aromatic N) is 3. The Kier molecular flexibility index (Phi) is 7.45. The van der Waals surface area contributed by atoms with Crippen LogP contribution in [0, 0.1) is 5.92 Å². The van der Waals surface area contributed by atoms with Crippen molar-refractivity contribution in [3.63, 3.8) is 0 Å². The van der Waals surface area contributed by atoms with E-state index in [-0.39, 0.29) is 23.8 Å². The monoisotopic (exact) mass is 386 g/mol. The molecule has 0 aromatic heterocycles. The third-order valence-electron chi connectivity index (χ3n) is 5.90. The molecular weight excluding hydrogens is 352 g/mol. The van der Waals surface area contributed by atoms with Crippen LogP contribution in [0.25, 0.3) is 0 Å². The molecule has 0 bridgehead atoms. The van der Waals surface area contributed by atoms with Crippen molar-refractivity contribution in [1.29, 1.82) is 0 Å². The summed E-state index contributed by atoms with van der Waals surface area (Å²) in [5, 5.41) is 3.21. The van der Waals surface area contributed by atoms with Crippen LogP contribution < -0.4 is 5.32 Å². The van der Waals surface area contributed by atoms with Gasteiger partial charge in [-0.3, -0.25) is 9.59 Å². The van der Waals surface area contributed by atoms with Crippen molar-refractivity contribution >= 4 is 11.8 Å². The molecule has 0 aliphatic carbocycles. The Balaban J connectivity index is 1.36. The topological polar surface area (TPSA) is 55.9 Å². The SMILES string of the molecule is CN(C)CCN1CC(C(=O)NC2CCN(CCc3ccccc3)CC2)CC1=O. The van der Waals surface area contributed by atoms with Crippen molar-refractivity contribution in [2.45, 2.75) is 31.7 Å². The maximum absolute atomic E-state index is 12.6. The molecule has 3 rings (SSSR count). The quantitative estimate of drug-likeness (QED) is 0.730. The number of rotatable bonds is 8. The molecular formula is C22H34N4O2. The van der Waals surface area contributed by atoms with Gasteiger partial charge in [-0.15, -0.1) is 0 Å². The summed E-state index contributed by atoms with van der Waals surface area (Å²) in [6.45, 7) is 5.22. The van der Waals surface area contributed by atoms with Gasteiger partial charge in [0, 0.05) is 51.7 Å². The second kappa shape index (κ2) is 10.0. The average Bonchev–Trinajstić information content (AvgIpc) is 3.07. The fourth-order valence-electron chi connectivity index (χ4n) is 4.04. The van der Waals surface area contributed by atoms with E-state index in [2.05, 4.69) is 45.4 Å². The molecule has 154 valence electrons. The molecule has 6 heteroatoms. The van der Waals surface area contributed by atoms with E-state index in [1.54, 1.807) is 0 Å². The summed E-state index contributed by atoms with van der Waals surface area (Å²) in [5.74, 6) is -0.0213. The first-order valence-electron chi connectivity index (χ1n) is 10.5. The molecule has 0 radical (unpaired) electrons. The van der Waals surface area contributed by atoms with Crippen molar-refractivity contribution < 1.29 is 9.59 Å². The summed E-state index contributed by atoms with van der Waals surface area (Å²) in [5.41, 5.74) is 1.38. The van der Waals surface area contributed by atoms with Gasteiger partial charge in [0.15, 0.2) is 0 Å². The zero-order valence-electron chi connectivity index (χ0n) is 17.3. The van der Waals surface area contributed by atoms with Crippen molar-refractivity contribution in [2.24, 2.45) is 5.92 Å². The van der Waals surface area contributed by atoms with Crippen molar-refractivity contribution in [2.75, 3.05) is 53.4 Å². The highest BCUT2D eigenvalue weighted by atomic mass is 16.2. The summed E-state index contributed by atoms with van der Waals surface area (Å²) in [6, 6.07) is 10.8. The molecule has 2 aliphatic rings. The van der Waals surface area contributed by atoms with E-state index in [1.807, 2.05) is 19.0 Å². The molecule has 1 atom stereocenters. The normalized spacial score (nSPS) is 21.5. The zero-order valence-corrected chi connectivity index (χ0v) is 17.3. The molecule has 6 nitrogen and oxygen atoms in total. The molecule has 2 saturated heterocycles. The number of carbonyl (C=O) groups excluding carboxylic acids is 2. The van der Waals surface area contributed by atoms with Gasteiger partial charge in [0.25, 0.3) is 0 Å². The van der Waals surface area contributed by atoms with Crippen LogP contribution in [0.4, 0.5) is 0 Å². The van der Waals surface area contributed by atoms with Gasteiger partial charge >= 0.3 is 0 Å². The van der Waals surface area contributed by atoms with E-state index in [4.69, 9.17) is 0 Å². The van der Waals surface area contributed by atoms with Crippen LogP contribution in [0.3, 0.4) is 0 Å². The lowest BCUT2D eigenvalue weighted by molar-refractivity contribution is -0.129. The lowest BCUT2D eigenvalue weighted by Gasteiger charge is -2.32. The number of carbonyl (C=O) groups is 2. The minimum atomic E-state index is -0.189. The van der Waals surface area contributed by atoms with Gasteiger partial charge < -0.3 is 20.0 Å². The lowest BCUT2D eigenvalue weighted by Crippen LogP contribution is -2.47. The van der Waals surface area contributed by atoms with Crippen LogP contribution in [0.5, 0.6) is 0 Å².